The minimum absolute atomic E-state index is 0.0915. The molecule has 0 radical (unpaired) electrons. The summed E-state index contributed by atoms with van der Waals surface area (Å²) in [5.74, 6) is 0.782. The molecule has 1 atom stereocenters. The van der Waals surface area contributed by atoms with Crippen LogP contribution in [0.1, 0.15) is 24.0 Å². The molecule has 1 N–H and O–H groups in total. The van der Waals surface area contributed by atoms with E-state index in [2.05, 4.69) is 10.3 Å². The molecule has 6 nitrogen and oxygen atoms in total. The summed E-state index contributed by atoms with van der Waals surface area (Å²) in [6.07, 6.45) is 5.60. The molecule has 26 heavy (non-hydrogen) atoms. The number of hydrogen-bond acceptors (Lipinski definition) is 4. The quantitative estimate of drug-likeness (QED) is 0.829. The number of pyridine rings is 1. The van der Waals surface area contributed by atoms with Crippen LogP contribution >= 0.6 is 0 Å². The van der Waals surface area contributed by atoms with Crippen molar-refractivity contribution in [3.05, 3.63) is 59.9 Å². The Kier molecular flexibility index (Phi) is 6.44. The van der Waals surface area contributed by atoms with Crippen LogP contribution in [-0.2, 0) is 17.8 Å². The molecule has 0 aliphatic carbocycles. The summed E-state index contributed by atoms with van der Waals surface area (Å²) in [5.41, 5.74) is 1.94. The number of nitrogens with zero attached hydrogens (tertiary/aromatic N) is 2. The zero-order valence-electron chi connectivity index (χ0n) is 15.1. The van der Waals surface area contributed by atoms with Gasteiger partial charge >= 0.3 is 6.03 Å². The molecule has 1 aromatic heterocycles. The van der Waals surface area contributed by atoms with Crippen molar-refractivity contribution >= 4 is 6.03 Å². The number of amides is 2. The first kappa shape index (κ1) is 18.2. The van der Waals surface area contributed by atoms with Gasteiger partial charge in [-0.15, -0.1) is 0 Å². The van der Waals surface area contributed by atoms with E-state index in [-0.39, 0.29) is 12.1 Å². The highest BCUT2D eigenvalue weighted by atomic mass is 16.5. The summed E-state index contributed by atoms with van der Waals surface area (Å²) in [6, 6.07) is 11.5. The van der Waals surface area contributed by atoms with Crippen LogP contribution in [0.4, 0.5) is 4.79 Å². The predicted octanol–water partition coefficient (Wildman–Crippen LogP) is 2.98. The van der Waals surface area contributed by atoms with Gasteiger partial charge in [-0.1, -0.05) is 24.3 Å². The van der Waals surface area contributed by atoms with E-state index in [0.29, 0.717) is 19.6 Å². The lowest BCUT2D eigenvalue weighted by atomic mass is 10.1. The molecule has 2 amide bonds. The molecule has 1 aliphatic heterocycles. The van der Waals surface area contributed by atoms with Crippen molar-refractivity contribution in [2.75, 3.05) is 20.3 Å². The minimum atomic E-state index is -0.116. The summed E-state index contributed by atoms with van der Waals surface area (Å²) >= 11 is 0. The van der Waals surface area contributed by atoms with Crippen LogP contribution < -0.4 is 10.1 Å². The van der Waals surface area contributed by atoms with Crippen LogP contribution in [-0.4, -0.2) is 42.3 Å². The van der Waals surface area contributed by atoms with Gasteiger partial charge < -0.3 is 19.7 Å². The second kappa shape index (κ2) is 9.20. The molecule has 1 fully saturated rings. The summed E-state index contributed by atoms with van der Waals surface area (Å²) < 4.78 is 11.2. The lowest BCUT2D eigenvalue weighted by Gasteiger charge is -2.26. The fourth-order valence-electron chi connectivity index (χ4n) is 3.08. The number of benzene rings is 1. The highest BCUT2D eigenvalue weighted by Gasteiger charge is 2.23. The highest BCUT2D eigenvalue weighted by Crippen LogP contribution is 2.21. The van der Waals surface area contributed by atoms with Gasteiger partial charge in [-0.05, 0) is 30.5 Å². The van der Waals surface area contributed by atoms with Crippen molar-refractivity contribution in [1.29, 1.82) is 0 Å². The average molecular weight is 355 g/mol. The number of urea groups is 1. The normalized spacial score (nSPS) is 16.3. The van der Waals surface area contributed by atoms with Crippen LogP contribution in [0.3, 0.4) is 0 Å². The third-order valence-corrected chi connectivity index (χ3v) is 4.46. The summed E-state index contributed by atoms with van der Waals surface area (Å²) in [5, 5.41) is 2.98. The fourth-order valence-corrected chi connectivity index (χ4v) is 3.08. The topological polar surface area (TPSA) is 63.7 Å². The number of ether oxygens (including phenoxy) is 2. The maximum absolute atomic E-state index is 12.8. The largest absolute Gasteiger partial charge is 0.496 e. The third kappa shape index (κ3) is 4.95. The van der Waals surface area contributed by atoms with Gasteiger partial charge in [-0.25, -0.2) is 4.79 Å². The van der Waals surface area contributed by atoms with E-state index < -0.39 is 0 Å². The molecule has 1 unspecified atom stereocenters. The molecule has 3 rings (SSSR count). The van der Waals surface area contributed by atoms with Crippen LogP contribution in [0.25, 0.3) is 0 Å². The second-order valence-corrected chi connectivity index (χ2v) is 6.35. The molecule has 1 saturated heterocycles. The number of carbonyl (C=O) groups is 1. The van der Waals surface area contributed by atoms with Crippen molar-refractivity contribution in [3.63, 3.8) is 0 Å². The van der Waals surface area contributed by atoms with E-state index in [1.165, 1.54) is 0 Å². The van der Waals surface area contributed by atoms with E-state index in [1.54, 1.807) is 24.4 Å². The molecule has 0 saturated carbocycles. The first-order valence-electron chi connectivity index (χ1n) is 8.91. The molecule has 2 heterocycles. The second-order valence-electron chi connectivity index (χ2n) is 6.35. The van der Waals surface area contributed by atoms with Gasteiger partial charge in [0.15, 0.2) is 0 Å². The fraction of sp³-hybridized carbons (Fsp3) is 0.400. The minimum Gasteiger partial charge on any atom is -0.496 e. The smallest absolute Gasteiger partial charge is 0.318 e. The van der Waals surface area contributed by atoms with Crippen molar-refractivity contribution in [1.82, 2.24) is 15.2 Å². The van der Waals surface area contributed by atoms with E-state index in [0.717, 1.165) is 36.3 Å². The first-order valence-corrected chi connectivity index (χ1v) is 8.91. The third-order valence-electron chi connectivity index (χ3n) is 4.46. The number of methoxy groups -OCH3 is 1. The Balaban J connectivity index is 1.68. The van der Waals surface area contributed by atoms with Crippen LogP contribution in [0.15, 0.2) is 48.8 Å². The highest BCUT2D eigenvalue weighted by molar-refractivity contribution is 5.74. The molecule has 0 bridgehead atoms. The number of para-hydroxylation sites is 1. The standard InChI is InChI=1S/C20H25N3O3/c1-25-19-9-3-2-7-17(19)14-23(15-18-8-5-11-26-18)20(24)22-13-16-6-4-10-21-12-16/h2-4,6-7,9-10,12,18H,5,8,11,13-15H2,1H3,(H,22,24). The van der Waals surface area contributed by atoms with Crippen molar-refractivity contribution < 1.29 is 14.3 Å². The van der Waals surface area contributed by atoms with Gasteiger partial charge in [0, 0.05) is 37.7 Å². The maximum Gasteiger partial charge on any atom is 0.318 e. The molecule has 0 spiro atoms. The molecule has 1 aliphatic rings. The summed E-state index contributed by atoms with van der Waals surface area (Å²) in [6.45, 7) is 2.25. The Morgan fingerprint density at radius 2 is 2.23 bits per heavy atom. The molecular weight excluding hydrogens is 330 g/mol. The number of carbonyl (C=O) groups excluding carboxylic acids is 1. The van der Waals surface area contributed by atoms with Gasteiger partial charge in [0.1, 0.15) is 5.75 Å². The first-order chi connectivity index (χ1) is 12.8. The number of nitrogens with one attached hydrogen (secondary N) is 1. The lowest BCUT2D eigenvalue weighted by Crippen LogP contribution is -2.43. The number of hydrogen-bond donors (Lipinski definition) is 1. The molecule has 6 heteroatoms. The van der Waals surface area contributed by atoms with Gasteiger partial charge in [-0.3, -0.25) is 4.98 Å². The van der Waals surface area contributed by atoms with Crippen molar-refractivity contribution in [2.24, 2.45) is 0 Å². The van der Waals surface area contributed by atoms with E-state index in [9.17, 15) is 4.79 Å². The molecule has 138 valence electrons. The van der Waals surface area contributed by atoms with Crippen LogP contribution in [0.2, 0.25) is 0 Å². The Labute approximate surface area is 154 Å². The Hall–Kier alpha value is -2.60. The van der Waals surface area contributed by atoms with E-state index in [1.807, 2.05) is 36.4 Å². The van der Waals surface area contributed by atoms with E-state index >= 15 is 0 Å². The van der Waals surface area contributed by atoms with Gasteiger partial charge in [0.25, 0.3) is 0 Å². The summed E-state index contributed by atoms with van der Waals surface area (Å²) in [4.78, 5) is 18.7. The Morgan fingerprint density at radius 3 is 2.96 bits per heavy atom. The average Bonchev–Trinajstić information content (AvgIpc) is 3.20. The van der Waals surface area contributed by atoms with Crippen molar-refractivity contribution in [2.45, 2.75) is 32.0 Å². The number of rotatable bonds is 7. The van der Waals surface area contributed by atoms with E-state index in [4.69, 9.17) is 9.47 Å². The van der Waals surface area contributed by atoms with Crippen molar-refractivity contribution in [3.8, 4) is 5.75 Å². The zero-order chi connectivity index (χ0) is 18.2. The molecule has 1 aromatic carbocycles. The SMILES string of the molecule is COc1ccccc1CN(CC1CCCO1)C(=O)NCc1cccnc1. The van der Waals surface area contributed by atoms with Gasteiger partial charge in [0.2, 0.25) is 0 Å². The lowest BCUT2D eigenvalue weighted by molar-refractivity contribution is 0.0792. The van der Waals surface area contributed by atoms with Crippen LogP contribution in [0, 0.1) is 0 Å². The molecular formula is C20H25N3O3. The Morgan fingerprint density at radius 1 is 1.35 bits per heavy atom. The Bertz CT molecular complexity index is 702. The number of aromatic nitrogens is 1. The van der Waals surface area contributed by atoms with Gasteiger partial charge in [-0.2, -0.15) is 0 Å². The monoisotopic (exact) mass is 355 g/mol. The van der Waals surface area contributed by atoms with Gasteiger partial charge in [0.05, 0.1) is 19.8 Å². The molecule has 2 aromatic rings. The summed E-state index contributed by atoms with van der Waals surface area (Å²) in [7, 11) is 1.64. The zero-order valence-corrected chi connectivity index (χ0v) is 15.1. The maximum atomic E-state index is 12.8. The predicted molar refractivity (Wildman–Crippen MR) is 98.9 cm³/mol. The van der Waals surface area contributed by atoms with Crippen LogP contribution in [0.5, 0.6) is 5.75 Å².